The molecule has 1 aromatic rings. The largest absolute Gasteiger partial charge is 0.384 e. The van der Waals surface area contributed by atoms with Crippen molar-refractivity contribution >= 4 is 11.7 Å². The molecule has 4 nitrogen and oxygen atoms in total. The summed E-state index contributed by atoms with van der Waals surface area (Å²) in [5.74, 6) is 0.468. The third-order valence-corrected chi connectivity index (χ3v) is 3.37. The molecule has 0 aliphatic carbocycles. The number of anilines is 1. The van der Waals surface area contributed by atoms with Gasteiger partial charge in [-0.05, 0) is 45.7 Å². The van der Waals surface area contributed by atoms with Crippen LogP contribution in [0.15, 0.2) is 12.1 Å². The van der Waals surface area contributed by atoms with Crippen molar-refractivity contribution in [2.24, 2.45) is 0 Å². The number of aromatic nitrogens is 1. The topological polar surface area (TPSA) is 59.2 Å². The van der Waals surface area contributed by atoms with E-state index in [0.717, 1.165) is 25.1 Å². The van der Waals surface area contributed by atoms with Gasteiger partial charge in [0.25, 0.3) is 5.91 Å². The number of hydrogen-bond donors (Lipinski definition) is 1. The Labute approximate surface area is 102 Å². The van der Waals surface area contributed by atoms with Gasteiger partial charge < -0.3 is 10.6 Å². The summed E-state index contributed by atoms with van der Waals surface area (Å²) in [6.45, 7) is 6.89. The Balaban J connectivity index is 2.31. The molecule has 17 heavy (non-hydrogen) atoms. The van der Waals surface area contributed by atoms with Crippen LogP contribution in [0.3, 0.4) is 0 Å². The quantitative estimate of drug-likeness (QED) is 0.807. The summed E-state index contributed by atoms with van der Waals surface area (Å²) in [5, 5.41) is 0. The van der Waals surface area contributed by atoms with Crippen LogP contribution in [0.5, 0.6) is 0 Å². The van der Waals surface area contributed by atoms with Crippen molar-refractivity contribution < 1.29 is 4.79 Å². The molecule has 1 aliphatic heterocycles. The Kier molecular flexibility index (Phi) is 2.81. The van der Waals surface area contributed by atoms with Gasteiger partial charge in [0.2, 0.25) is 0 Å². The predicted octanol–water partition coefficient (Wildman–Crippen LogP) is 1.99. The van der Waals surface area contributed by atoms with Crippen molar-refractivity contribution in [1.82, 2.24) is 9.88 Å². The van der Waals surface area contributed by atoms with Gasteiger partial charge in [-0.3, -0.25) is 4.79 Å². The predicted molar refractivity (Wildman–Crippen MR) is 67.7 cm³/mol. The highest BCUT2D eigenvalue weighted by atomic mass is 16.2. The van der Waals surface area contributed by atoms with Crippen LogP contribution < -0.4 is 5.73 Å². The fourth-order valence-electron chi connectivity index (χ4n) is 2.46. The monoisotopic (exact) mass is 233 g/mol. The Bertz CT molecular complexity index is 434. The molecule has 1 fully saturated rings. The second-order valence-corrected chi connectivity index (χ2v) is 5.29. The molecule has 1 saturated heterocycles. The van der Waals surface area contributed by atoms with Crippen LogP contribution in [-0.4, -0.2) is 27.9 Å². The molecule has 0 bridgehead atoms. The molecule has 0 saturated carbocycles. The normalized spacial score (nSPS) is 18.4. The second-order valence-electron chi connectivity index (χ2n) is 5.29. The SMILES string of the molecule is Cc1cc(C(=O)N2CCCC2(C)C)cc(N)n1. The highest BCUT2D eigenvalue weighted by Gasteiger charge is 2.35. The minimum Gasteiger partial charge on any atom is -0.384 e. The molecule has 4 heteroatoms. The van der Waals surface area contributed by atoms with E-state index in [-0.39, 0.29) is 11.4 Å². The molecule has 2 N–H and O–H groups in total. The molecule has 1 aliphatic rings. The lowest BCUT2D eigenvalue weighted by Crippen LogP contribution is -2.42. The number of pyridine rings is 1. The molecule has 2 heterocycles. The van der Waals surface area contributed by atoms with Crippen LogP contribution >= 0.6 is 0 Å². The van der Waals surface area contributed by atoms with E-state index < -0.39 is 0 Å². The molecule has 0 aromatic carbocycles. The number of nitrogens with zero attached hydrogens (tertiary/aromatic N) is 2. The van der Waals surface area contributed by atoms with Gasteiger partial charge in [-0.2, -0.15) is 0 Å². The van der Waals surface area contributed by atoms with Crippen LogP contribution in [-0.2, 0) is 0 Å². The number of carbonyl (C=O) groups excluding carboxylic acids is 1. The third-order valence-electron chi connectivity index (χ3n) is 3.37. The summed E-state index contributed by atoms with van der Waals surface area (Å²) < 4.78 is 0. The summed E-state index contributed by atoms with van der Waals surface area (Å²) in [6.07, 6.45) is 2.12. The zero-order chi connectivity index (χ0) is 12.6. The summed E-state index contributed by atoms with van der Waals surface area (Å²) >= 11 is 0. The maximum atomic E-state index is 12.4. The van der Waals surface area contributed by atoms with Crippen molar-refractivity contribution in [3.63, 3.8) is 0 Å². The van der Waals surface area contributed by atoms with Crippen molar-refractivity contribution in [2.45, 2.75) is 39.2 Å². The number of amides is 1. The average Bonchev–Trinajstić information content (AvgIpc) is 2.55. The lowest BCUT2D eigenvalue weighted by Gasteiger charge is -2.31. The second kappa shape index (κ2) is 4.02. The Morgan fingerprint density at radius 2 is 2.18 bits per heavy atom. The zero-order valence-corrected chi connectivity index (χ0v) is 10.7. The summed E-state index contributed by atoms with van der Waals surface area (Å²) in [7, 11) is 0. The molecular weight excluding hydrogens is 214 g/mol. The van der Waals surface area contributed by atoms with Gasteiger partial charge in [-0.15, -0.1) is 0 Å². The van der Waals surface area contributed by atoms with E-state index in [2.05, 4.69) is 18.8 Å². The maximum Gasteiger partial charge on any atom is 0.254 e. The molecule has 0 atom stereocenters. The number of carbonyl (C=O) groups is 1. The summed E-state index contributed by atoms with van der Waals surface area (Å²) in [6, 6.07) is 3.46. The van der Waals surface area contributed by atoms with Crippen LogP contribution in [0.2, 0.25) is 0 Å². The van der Waals surface area contributed by atoms with Gasteiger partial charge in [0.1, 0.15) is 5.82 Å². The lowest BCUT2D eigenvalue weighted by molar-refractivity contribution is 0.0652. The molecule has 92 valence electrons. The Morgan fingerprint density at radius 3 is 2.71 bits per heavy atom. The van der Waals surface area contributed by atoms with Gasteiger partial charge in [-0.1, -0.05) is 0 Å². The van der Waals surface area contributed by atoms with Crippen molar-refractivity contribution in [2.75, 3.05) is 12.3 Å². The molecule has 0 unspecified atom stereocenters. The lowest BCUT2D eigenvalue weighted by atomic mass is 10.0. The van der Waals surface area contributed by atoms with Crippen LogP contribution in [0.25, 0.3) is 0 Å². The summed E-state index contributed by atoms with van der Waals surface area (Å²) in [4.78, 5) is 18.4. The minimum atomic E-state index is -0.0526. The van der Waals surface area contributed by atoms with Crippen LogP contribution in [0.4, 0.5) is 5.82 Å². The number of nitrogens with two attached hydrogens (primary N) is 1. The van der Waals surface area contributed by atoms with Gasteiger partial charge >= 0.3 is 0 Å². The number of aryl methyl sites for hydroxylation is 1. The highest BCUT2D eigenvalue weighted by Crippen LogP contribution is 2.29. The molecule has 1 aromatic heterocycles. The first-order valence-electron chi connectivity index (χ1n) is 5.96. The van der Waals surface area contributed by atoms with E-state index in [1.807, 2.05) is 11.8 Å². The van der Waals surface area contributed by atoms with Gasteiger partial charge in [0.15, 0.2) is 0 Å². The maximum absolute atomic E-state index is 12.4. The molecule has 1 amide bonds. The fourth-order valence-corrected chi connectivity index (χ4v) is 2.46. The van der Waals surface area contributed by atoms with E-state index in [0.29, 0.717) is 11.4 Å². The molecule has 2 rings (SSSR count). The van der Waals surface area contributed by atoms with Crippen molar-refractivity contribution in [1.29, 1.82) is 0 Å². The van der Waals surface area contributed by atoms with E-state index in [4.69, 9.17) is 5.73 Å². The minimum absolute atomic E-state index is 0.0526. The first kappa shape index (κ1) is 11.9. The number of likely N-dealkylation sites (tertiary alicyclic amines) is 1. The van der Waals surface area contributed by atoms with Gasteiger partial charge in [-0.25, -0.2) is 4.98 Å². The third kappa shape index (κ3) is 2.25. The van der Waals surface area contributed by atoms with E-state index >= 15 is 0 Å². The first-order valence-corrected chi connectivity index (χ1v) is 5.96. The van der Waals surface area contributed by atoms with Crippen LogP contribution in [0, 0.1) is 6.92 Å². The molecular formula is C13H19N3O. The average molecular weight is 233 g/mol. The number of rotatable bonds is 1. The van der Waals surface area contributed by atoms with Crippen molar-refractivity contribution in [3.05, 3.63) is 23.4 Å². The van der Waals surface area contributed by atoms with E-state index in [1.165, 1.54) is 0 Å². The molecule has 0 radical (unpaired) electrons. The Hall–Kier alpha value is -1.58. The van der Waals surface area contributed by atoms with Gasteiger partial charge in [0.05, 0.1) is 0 Å². The zero-order valence-electron chi connectivity index (χ0n) is 10.7. The van der Waals surface area contributed by atoms with Gasteiger partial charge in [0, 0.05) is 23.3 Å². The van der Waals surface area contributed by atoms with Crippen molar-refractivity contribution in [3.8, 4) is 0 Å². The fraction of sp³-hybridized carbons (Fsp3) is 0.538. The van der Waals surface area contributed by atoms with Crippen LogP contribution in [0.1, 0.15) is 42.7 Å². The van der Waals surface area contributed by atoms with E-state index in [1.54, 1.807) is 12.1 Å². The first-order chi connectivity index (χ1) is 7.90. The standard InChI is InChI=1S/C13H19N3O/c1-9-7-10(8-11(14)15-9)12(17)16-6-4-5-13(16,2)3/h7-8H,4-6H2,1-3H3,(H2,14,15). The smallest absolute Gasteiger partial charge is 0.254 e. The van der Waals surface area contributed by atoms with E-state index in [9.17, 15) is 4.79 Å². The Morgan fingerprint density at radius 1 is 1.47 bits per heavy atom. The number of hydrogen-bond acceptors (Lipinski definition) is 3. The highest BCUT2D eigenvalue weighted by molar-refractivity contribution is 5.95. The molecule has 0 spiro atoms. The summed E-state index contributed by atoms with van der Waals surface area (Å²) in [5.41, 5.74) is 7.06. The number of nitrogen functional groups attached to an aromatic ring is 1.